The molecular weight excluding hydrogens is 438 g/mol. The van der Waals surface area contributed by atoms with E-state index in [-0.39, 0.29) is 17.2 Å². The van der Waals surface area contributed by atoms with E-state index in [9.17, 15) is 9.59 Å². The number of piperidine rings is 1. The highest BCUT2D eigenvalue weighted by molar-refractivity contribution is 5.85. The topological polar surface area (TPSA) is 86.8 Å². The molecule has 0 amide bonds. The summed E-state index contributed by atoms with van der Waals surface area (Å²) in [5, 5.41) is 7.66. The molecule has 1 saturated heterocycles. The van der Waals surface area contributed by atoms with Gasteiger partial charge in [-0.3, -0.25) is 9.78 Å². The number of benzene rings is 2. The quantitative estimate of drug-likeness (QED) is 0.456. The Hall–Kier alpha value is -3.97. The van der Waals surface area contributed by atoms with Gasteiger partial charge in [0.1, 0.15) is 5.82 Å². The predicted octanol–water partition coefficient (Wildman–Crippen LogP) is 2.42. The average Bonchev–Trinajstić information content (AvgIpc) is 3.26. The van der Waals surface area contributed by atoms with Gasteiger partial charge in [-0.15, -0.1) is 5.10 Å². The smallest absolute Gasteiger partial charge is 0.320 e. The number of aromatic amines is 2. The SMILES string of the molecule is C=C/C(CCN1CCC[C@H](c2nn(-c3cccc4ccc(=O)[nH]c34)c(=O)[nH]2)C1)=c1/ccccc1=C. The summed E-state index contributed by atoms with van der Waals surface area (Å²) < 4.78 is 1.36. The lowest BCUT2D eigenvalue weighted by molar-refractivity contribution is 0.208. The molecule has 35 heavy (non-hydrogen) atoms. The lowest BCUT2D eigenvalue weighted by Crippen LogP contribution is -2.36. The molecule has 4 aromatic rings. The molecule has 7 nitrogen and oxygen atoms in total. The number of hydrogen-bond donors (Lipinski definition) is 2. The Bertz CT molecular complexity index is 1610. The van der Waals surface area contributed by atoms with Crippen molar-refractivity contribution in [2.75, 3.05) is 19.6 Å². The fourth-order valence-corrected chi connectivity index (χ4v) is 4.97. The van der Waals surface area contributed by atoms with Gasteiger partial charge < -0.3 is 9.88 Å². The molecule has 0 spiro atoms. The van der Waals surface area contributed by atoms with Gasteiger partial charge in [0, 0.05) is 30.5 Å². The first-order valence-corrected chi connectivity index (χ1v) is 12.0. The maximum atomic E-state index is 12.9. The van der Waals surface area contributed by atoms with Crippen molar-refractivity contribution in [3.05, 3.63) is 104 Å². The minimum absolute atomic E-state index is 0.138. The van der Waals surface area contributed by atoms with Gasteiger partial charge >= 0.3 is 5.69 Å². The molecule has 1 atom stereocenters. The average molecular weight is 468 g/mol. The maximum Gasteiger partial charge on any atom is 0.348 e. The molecule has 0 bridgehead atoms. The van der Waals surface area contributed by atoms with Gasteiger partial charge in [0.25, 0.3) is 0 Å². The zero-order valence-corrected chi connectivity index (χ0v) is 19.7. The van der Waals surface area contributed by atoms with E-state index in [0.29, 0.717) is 17.0 Å². The summed E-state index contributed by atoms with van der Waals surface area (Å²) in [4.78, 5) is 33.0. The van der Waals surface area contributed by atoms with E-state index in [2.05, 4.69) is 39.2 Å². The van der Waals surface area contributed by atoms with E-state index in [0.717, 1.165) is 54.7 Å². The fraction of sp³-hybridized carbons (Fsp3) is 0.250. The van der Waals surface area contributed by atoms with E-state index >= 15 is 0 Å². The molecule has 5 rings (SSSR count). The number of hydrogen-bond acceptors (Lipinski definition) is 4. The van der Waals surface area contributed by atoms with Gasteiger partial charge in [-0.05, 0) is 54.0 Å². The summed E-state index contributed by atoms with van der Waals surface area (Å²) in [7, 11) is 0. The zero-order valence-electron chi connectivity index (χ0n) is 19.7. The lowest BCUT2D eigenvalue weighted by Gasteiger charge is -2.31. The van der Waals surface area contributed by atoms with Crippen LogP contribution in [0.2, 0.25) is 0 Å². The van der Waals surface area contributed by atoms with Crippen molar-refractivity contribution in [3.8, 4) is 5.69 Å². The van der Waals surface area contributed by atoms with E-state index in [1.165, 1.54) is 16.3 Å². The third-order valence-corrected chi connectivity index (χ3v) is 6.80. The van der Waals surface area contributed by atoms with E-state index in [1.54, 1.807) is 12.1 Å². The minimum atomic E-state index is -0.302. The Balaban J connectivity index is 1.37. The van der Waals surface area contributed by atoms with Crippen molar-refractivity contribution in [2.45, 2.75) is 25.2 Å². The van der Waals surface area contributed by atoms with Crippen molar-refractivity contribution in [1.82, 2.24) is 24.6 Å². The van der Waals surface area contributed by atoms with E-state index in [4.69, 9.17) is 0 Å². The lowest BCUT2D eigenvalue weighted by atomic mass is 9.97. The van der Waals surface area contributed by atoms with Crippen LogP contribution in [0.15, 0.2) is 76.8 Å². The van der Waals surface area contributed by atoms with Gasteiger partial charge in [0.2, 0.25) is 5.56 Å². The Morgan fingerprint density at radius 2 is 1.94 bits per heavy atom. The summed E-state index contributed by atoms with van der Waals surface area (Å²) in [5.41, 5.74) is 1.85. The highest BCUT2D eigenvalue weighted by Gasteiger charge is 2.25. The van der Waals surface area contributed by atoms with Crippen molar-refractivity contribution >= 4 is 23.1 Å². The normalized spacial score (nSPS) is 17.4. The number of allylic oxidation sites excluding steroid dienone is 1. The van der Waals surface area contributed by atoms with Crippen molar-refractivity contribution in [1.29, 1.82) is 0 Å². The molecular formula is C28H29N5O2. The summed E-state index contributed by atoms with van der Waals surface area (Å²) in [6.07, 6.45) is 4.82. The maximum absolute atomic E-state index is 12.9. The molecule has 0 saturated carbocycles. The molecule has 3 heterocycles. The third-order valence-electron chi connectivity index (χ3n) is 6.80. The van der Waals surface area contributed by atoms with Crippen LogP contribution in [0, 0.1) is 0 Å². The van der Waals surface area contributed by atoms with Crippen LogP contribution in [0.4, 0.5) is 0 Å². The number of likely N-dealkylation sites (tertiary alicyclic amines) is 1. The summed E-state index contributed by atoms with van der Waals surface area (Å²) >= 11 is 0. The molecule has 7 heteroatoms. The van der Waals surface area contributed by atoms with Gasteiger partial charge in [0.15, 0.2) is 0 Å². The van der Waals surface area contributed by atoms with E-state index < -0.39 is 0 Å². The number of pyridine rings is 1. The van der Waals surface area contributed by atoms with Crippen LogP contribution in [0.1, 0.15) is 31.0 Å². The van der Waals surface area contributed by atoms with Crippen molar-refractivity contribution < 1.29 is 0 Å². The number of para-hydroxylation sites is 1. The first-order chi connectivity index (χ1) is 17.0. The van der Waals surface area contributed by atoms with Crippen LogP contribution in [-0.2, 0) is 0 Å². The van der Waals surface area contributed by atoms with Crippen LogP contribution in [0.25, 0.3) is 28.7 Å². The molecule has 2 aromatic heterocycles. The number of H-pyrrole nitrogens is 2. The largest absolute Gasteiger partial charge is 0.348 e. The summed E-state index contributed by atoms with van der Waals surface area (Å²) in [5.74, 6) is 0.824. The Kier molecular flexibility index (Phi) is 6.33. The zero-order chi connectivity index (χ0) is 24.4. The molecule has 0 unspecified atom stereocenters. The molecule has 1 aliphatic heterocycles. The first kappa shape index (κ1) is 22.8. The van der Waals surface area contributed by atoms with Crippen LogP contribution < -0.4 is 21.7 Å². The number of fused-ring (bicyclic) bond motifs is 1. The van der Waals surface area contributed by atoms with Gasteiger partial charge in [0.05, 0.1) is 11.2 Å². The van der Waals surface area contributed by atoms with Gasteiger partial charge in [-0.1, -0.05) is 55.6 Å². The highest BCUT2D eigenvalue weighted by Crippen LogP contribution is 2.25. The van der Waals surface area contributed by atoms with Crippen molar-refractivity contribution in [2.24, 2.45) is 0 Å². The second-order valence-electron chi connectivity index (χ2n) is 9.07. The molecule has 2 aromatic carbocycles. The molecule has 1 fully saturated rings. The molecule has 0 radical (unpaired) electrons. The fourth-order valence-electron chi connectivity index (χ4n) is 4.97. The third kappa shape index (κ3) is 4.68. The van der Waals surface area contributed by atoms with Gasteiger partial charge in [-0.2, -0.15) is 4.68 Å². The van der Waals surface area contributed by atoms with Crippen molar-refractivity contribution in [3.63, 3.8) is 0 Å². The predicted molar refractivity (Wildman–Crippen MR) is 140 cm³/mol. The number of rotatable bonds is 6. The molecule has 178 valence electrons. The van der Waals surface area contributed by atoms with Crippen LogP contribution in [-0.4, -0.2) is 44.3 Å². The number of nitrogens with one attached hydrogen (secondary N) is 2. The number of aromatic nitrogens is 4. The Morgan fingerprint density at radius 3 is 2.77 bits per heavy atom. The monoisotopic (exact) mass is 467 g/mol. The molecule has 1 aliphatic rings. The second-order valence-corrected chi connectivity index (χ2v) is 9.07. The minimum Gasteiger partial charge on any atom is -0.320 e. The Labute approximate surface area is 202 Å². The van der Waals surface area contributed by atoms with E-state index in [1.807, 2.05) is 36.4 Å². The first-order valence-electron chi connectivity index (χ1n) is 12.0. The number of nitrogens with zero attached hydrogens (tertiary/aromatic N) is 3. The van der Waals surface area contributed by atoms with Crippen LogP contribution >= 0.6 is 0 Å². The van der Waals surface area contributed by atoms with Crippen LogP contribution in [0.5, 0.6) is 0 Å². The standard InChI is InChI=1S/C28H29N5O2/c1-3-20(23-11-5-4-8-19(23)2)15-17-32-16-7-10-22(18-32)27-30-28(35)33(31-27)24-12-6-9-21-13-14-25(34)29-26(21)24/h3-6,8-9,11-14,22H,1-2,7,10,15-18H2,(H,29,34)(H,30,31,35)/b23-20+/t22-/m0/s1. The highest BCUT2D eigenvalue weighted by atomic mass is 16.2. The summed E-state index contributed by atoms with van der Waals surface area (Å²) in [6, 6.07) is 16.9. The second kappa shape index (κ2) is 9.72. The van der Waals surface area contributed by atoms with Crippen LogP contribution in [0.3, 0.4) is 0 Å². The molecule has 0 aliphatic carbocycles. The Morgan fingerprint density at radius 1 is 1.09 bits per heavy atom. The molecule has 2 N–H and O–H groups in total. The van der Waals surface area contributed by atoms with Gasteiger partial charge in [-0.25, -0.2) is 4.79 Å². The summed E-state index contributed by atoms with van der Waals surface area (Å²) in [6.45, 7) is 10.9.